The molecule has 0 aromatic heterocycles. The van der Waals surface area contributed by atoms with E-state index in [2.05, 4.69) is 17.0 Å². The first kappa shape index (κ1) is 13.9. The molecule has 0 bridgehead atoms. The van der Waals surface area contributed by atoms with E-state index >= 15 is 0 Å². The van der Waals surface area contributed by atoms with Crippen molar-refractivity contribution in [3.05, 3.63) is 0 Å². The zero-order valence-electron chi connectivity index (χ0n) is 10.0. The Morgan fingerprint density at radius 2 is 2.19 bits per heavy atom. The number of ether oxygens (including phenoxy) is 1. The third kappa shape index (κ3) is 5.25. The number of nitrogens with one attached hydrogen (secondary N) is 2. The smallest absolute Gasteiger partial charge is 0.214 e. The summed E-state index contributed by atoms with van der Waals surface area (Å²) >= 11 is 0. The van der Waals surface area contributed by atoms with Crippen LogP contribution < -0.4 is 10.0 Å². The summed E-state index contributed by atoms with van der Waals surface area (Å²) in [4.78, 5) is 0. The highest BCUT2D eigenvalue weighted by Crippen LogP contribution is 2.10. The van der Waals surface area contributed by atoms with E-state index in [0.717, 1.165) is 19.5 Å². The van der Waals surface area contributed by atoms with E-state index in [0.29, 0.717) is 12.5 Å². The fourth-order valence-electron chi connectivity index (χ4n) is 1.87. The first-order valence-corrected chi connectivity index (χ1v) is 7.47. The molecule has 1 aliphatic rings. The summed E-state index contributed by atoms with van der Waals surface area (Å²) < 4.78 is 31.1. The van der Waals surface area contributed by atoms with E-state index in [1.165, 1.54) is 0 Å². The largest absolute Gasteiger partial charge is 0.381 e. The topological polar surface area (TPSA) is 67.4 Å². The first-order valence-electron chi connectivity index (χ1n) is 5.82. The Kier molecular flexibility index (Phi) is 5.68. The molecule has 0 aromatic rings. The van der Waals surface area contributed by atoms with E-state index in [1.54, 1.807) is 0 Å². The van der Waals surface area contributed by atoms with E-state index in [-0.39, 0.29) is 18.4 Å². The van der Waals surface area contributed by atoms with Crippen molar-refractivity contribution in [3.63, 3.8) is 0 Å². The molecule has 1 rings (SSSR count). The van der Waals surface area contributed by atoms with E-state index < -0.39 is 10.0 Å². The summed E-state index contributed by atoms with van der Waals surface area (Å²) in [6, 6.07) is 0.0235. The van der Waals surface area contributed by atoms with Gasteiger partial charge in [-0.2, -0.15) is 0 Å². The molecule has 1 aliphatic heterocycles. The predicted molar refractivity (Wildman–Crippen MR) is 63.9 cm³/mol. The van der Waals surface area contributed by atoms with Crippen molar-refractivity contribution in [2.45, 2.75) is 26.3 Å². The lowest BCUT2D eigenvalue weighted by molar-refractivity contribution is 0.163. The van der Waals surface area contributed by atoms with Crippen molar-refractivity contribution >= 4 is 10.0 Å². The minimum Gasteiger partial charge on any atom is -0.381 e. The summed E-state index contributed by atoms with van der Waals surface area (Å²) in [6.07, 6.45) is 0.904. The molecule has 1 heterocycles. The second-order valence-electron chi connectivity index (χ2n) is 4.33. The second-order valence-corrected chi connectivity index (χ2v) is 6.20. The molecule has 1 fully saturated rings. The van der Waals surface area contributed by atoms with Crippen molar-refractivity contribution in [2.75, 3.05) is 32.1 Å². The predicted octanol–water partition coefficient (Wildman–Crippen LogP) is -0.0597. The summed E-state index contributed by atoms with van der Waals surface area (Å²) in [7, 11) is -3.19. The van der Waals surface area contributed by atoms with Gasteiger partial charge in [0.15, 0.2) is 0 Å². The Labute approximate surface area is 98.0 Å². The van der Waals surface area contributed by atoms with Crippen LogP contribution in [-0.4, -0.2) is 46.5 Å². The van der Waals surface area contributed by atoms with Crippen LogP contribution >= 0.6 is 0 Å². The van der Waals surface area contributed by atoms with Gasteiger partial charge in [-0.15, -0.1) is 0 Å². The molecule has 0 aliphatic carbocycles. The minimum absolute atomic E-state index is 0.0235. The molecule has 6 heteroatoms. The van der Waals surface area contributed by atoms with Gasteiger partial charge in [0.1, 0.15) is 0 Å². The molecular formula is C10H22N2O3S. The highest BCUT2D eigenvalue weighted by Gasteiger charge is 2.22. The van der Waals surface area contributed by atoms with Gasteiger partial charge >= 0.3 is 0 Å². The number of piperidine rings is 1. The molecule has 0 aromatic carbocycles. The highest BCUT2D eigenvalue weighted by atomic mass is 32.2. The Hall–Kier alpha value is -0.170. The van der Waals surface area contributed by atoms with Gasteiger partial charge in [0.05, 0.1) is 12.4 Å². The third-order valence-electron chi connectivity index (χ3n) is 2.62. The number of hydrogen-bond acceptors (Lipinski definition) is 4. The first-order chi connectivity index (χ1) is 7.53. The summed E-state index contributed by atoms with van der Waals surface area (Å²) in [6.45, 7) is 6.48. The van der Waals surface area contributed by atoms with Crippen LogP contribution in [0.5, 0.6) is 0 Å². The lowest BCUT2D eigenvalue weighted by Crippen LogP contribution is -2.49. The molecule has 0 spiro atoms. The van der Waals surface area contributed by atoms with Gasteiger partial charge in [-0.25, -0.2) is 13.1 Å². The Balaban J connectivity index is 2.33. The Bertz CT molecular complexity index is 292. The quantitative estimate of drug-likeness (QED) is 0.648. The molecule has 2 N–H and O–H groups in total. The van der Waals surface area contributed by atoms with Crippen LogP contribution in [0.1, 0.15) is 20.3 Å². The van der Waals surface area contributed by atoms with Crippen molar-refractivity contribution in [2.24, 2.45) is 5.92 Å². The van der Waals surface area contributed by atoms with Crippen molar-refractivity contribution in [1.82, 2.24) is 10.0 Å². The monoisotopic (exact) mass is 250 g/mol. The van der Waals surface area contributed by atoms with Crippen molar-refractivity contribution in [1.29, 1.82) is 0 Å². The molecule has 5 nitrogen and oxygen atoms in total. The Morgan fingerprint density at radius 3 is 2.81 bits per heavy atom. The molecule has 96 valence electrons. The van der Waals surface area contributed by atoms with Crippen LogP contribution in [0.3, 0.4) is 0 Å². The third-order valence-corrected chi connectivity index (χ3v) is 4.01. The molecule has 1 saturated heterocycles. The number of rotatable bonds is 6. The van der Waals surface area contributed by atoms with Gasteiger partial charge < -0.3 is 10.1 Å². The summed E-state index contributed by atoms with van der Waals surface area (Å²) in [5.74, 6) is 0.569. The average molecular weight is 250 g/mol. The average Bonchev–Trinajstić information content (AvgIpc) is 2.17. The SMILES string of the molecule is CCOCCS(=O)(=O)NC1CNCC(C)C1. The minimum atomic E-state index is -3.19. The summed E-state index contributed by atoms with van der Waals surface area (Å²) in [5, 5.41) is 3.22. The molecule has 0 saturated carbocycles. The molecule has 16 heavy (non-hydrogen) atoms. The van der Waals surface area contributed by atoms with Crippen LogP contribution in [0.25, 0.3) is 0 Å². The lowest BCUT2D eigenvalue weighted by Gasteiger charge is -2.28. The second kappa shape index (κ2) is 6.54. The van der Waals surface area contributed by atoms with Crippen LogP contribution in [0.15, 0.2) is 0 Å². The van der Waals surface area contributed by atoms with Crippen LogP contribution in [0.4, 0.5) is 0 Å². The highest BCUT2D eigenvalue weighted by molar-refractivity contribution is 7.89. The van der Waals surface area contributed by atoms with E-state index in [9.17, 15) is 8.42 Å². The van der Waals surface area contributed by atoms with Gasteiger partial charge in [-0.1, -0.05) is 6.92 Å². The van der Waals surface area contributed by atoms with E-state index in [4.69, 9.17) is 4.74 Å². The van der Waals surface area contributed by atoms with Crippen molar-refractivity contribution in [3.8, 4) is 0 Å². The molecule has 0 radical (unpaired) electrons. The fourth-order valence-corrected chi connectivity index (χ4v) is 3.01. The van der Waals surface area contributed by atoms with Crippen LogP contribution in [-0.2, 0) is 14.8 Å². The van der Waals surface area contributed by atoms with Crippen LogP contribution in [0.2, 0.25) is 0 Å². The van der Waals surface area contributed by atoms with Gasteiger partial charge in [0, 0.05) is 19.2 Å². The zero-order chi connectivity index (χ0) is 12.0. The maximum Gasteiger partial charge on any atom is 0.214 e. The maximum atomic E-state index is 11.7. The summed E-state index contributed by atoms with van der Waals surface area (Å²) in [5.41, 5.74) is 0. The van der Waals surface area contributed by atoms with Gasteiger partial charge in [0.25, 0.3) is 0 Å². The number of hydrogen-bond donors (Lipinski definition) is 2. The zero-order valence-corrected chi connectivity index (χ0v) is 10.8. The fraction of sp³-hybridized carbons (Fsp3) is 1.00. The molecule has 2 unspecified atom stereocenters. The maximum absolute atomic E-state index is 11.7. The van der Waals surface area contributed by atoms with E-state index in [1.807, 2.05) is 6.92 Å². The van der Waals surface area contributed by atoms with Gasteiger partial charge in [-0.3, -0.25) is 0 Å². The Morgan fingerprint density at radius 1 is 1.44 bits per heavy atom. The normalized spacial score (nSPS) is 26.9. The van der Waals surface area contributed by atoms with Crippen LogP contribution in [0, 0.1) is 5.92 Å². The van der Waals surface area contributed by atoms with Crippen molar-refractivity contribution < 1.29 is 13.2 Å². The molecule has 0 amide bonds. The molecular weight excluding hydrogens is 228 g/mol. The van der Waals surface area contributed by atoms with Gasteiger partial charge in [-0.05, 0) is 25.8 Å². The lowest BCUT2D eigenvalue weighted by atomic mass is 9.99. The van der Waals surface area contributed by atoms with Gasteiger partial charge in [0.2, 0.25) is 10.0 Å². The standard InChI is InChI=1S/C10H22N2O3S/c1-3-15-4-5-16(13,14)12-10-6-9(2)7-11-8-10/h9-12H,3-8H2,1-2H3. The molecule has 2 atom stereocenters. The number of sulfonamides is 1.